The third kappa shape index (κ3) is 3.01. The lowest BCUT2D eigenvalue weighted by Gasteiger charge is -2.00. The number of hydrogen-bond donors (Lipinski definition) is 0. The monoisotopic (exact) mass is 180 g/mol. The second-order valence-electron chi connectivity index (χ2n) is 3.20. The van der Waals surface area contributed by atoms with Gasteiger partial charge < -0.3 is 4.57 Å². The molecule has 0 spiro atoms. The molecule has 3 heteroatoms. The lowest BCUT2D eigenvalue weighted by atomic mass is 10.1. The van der Waals surface area contributed by atoms with Gasteiger partial charge in [0.05, 0.1) is 0 Å². The molecule has 0 aromatic carbocycles. The summed E-state index contributed by atoms with van der Waals surface area (Å²) in [5, 5.41) is 0. The summed E-state index contributed by atoms with van der Waals surface area (Å²) in [4.78, 5) is 15.2. The Morgan fingerprint density at radius 3 is 2.92 bits per heavy atom. The van der Waals surface area contributed by atoms with Crippen LogP contribution in [0.15, 0.2) is 12.4 Å². The zero-order valence-electron chi connectivity index (χ0n) is 8.29. The van der Waals surface area contributed by atoms with Crippen molar-refractivity contribution in [1.29, 1.82) is 0 Å². The van der Waals surface area contributed by atoms with E-state index in [4.69, 9.17) is 0 Å². The Kier molecular flexibility index (Phi) is 3.68. The number of nitrogens with zero attached hydrogens (tertiary/aromatic N) is 2. The molecule has 1 rings (SSSR count). The summed E-state index contributed by atoms with van der Waals surface area (Å²) in [6.07, 6.45) is 6.87. The van der Waals surface area contributed by atoms with Crippen molar-refractivity contribution in [3.8, 4) is 0 Å². The van der Waals surface area contributed by atoms with Gasteiger partial charge in [0, 0.05) is 38.7 Å². The van der Waals surface area contributed by atoms with Gasteiger partial charge in [-0.15, -0.1) is 0 Å². The number of ketones is 1. The van der Waals surface area contributed by atoms with E-state index >= 15 is 0 Å². The molecule has 0 saturated heterocycles. The van der Waals surface area contributed by atoms with Crippen LogP contribution in [0.25, 0.3) is 0 Å². The normalized spacial score (nSPS) is 10.3. The number of carbonyl (C=O) groups is 1. The van der Waals surface area contributed by atoms with Gasteiger partial charge in [0.15, 0.2) is 0 Å². The Morgan fingerprint density at radius 1 is 1.62 bits per heavy atom. The van der Waals surface area contributed by atoms with E-state index in [1.807, 2.05) is 24.7 Å². The van der Waals surface area contributed by atoms with Gasteiger partial charge in [-0.25, -0.2) is 4.98 Å². The molecule has 0 aliphatic rings. The molecule has 1 aromatic rings. The number of carbonyl (C=O) groups excluding carboxylic acids is 1. The molecule has 1 heterocycles. The van der Waals surface area contributed by atoms with E-state index in [0.717, 1.165) is 18.7 Å². The Bertz CT molecular complexity index is 278. The fraction of sp³-hybridized carbons (Fsp3) is 0.600. The van der Waals surface area contributed by atoms with Crippen molar-refractivity contribution < 1.29 is 4.79 Å². The number of aryl methyl sites for hydroxylation is 2. The summed E-state index contributed by atoms with van der Waals surface area (Å²) in [5.41, 5.74) is 0. The van der Waals surface area contributed by atoms with Gasteiger partial charge >= 0.3 is 0 Å². The summed E-state index contributed by atoms with van der Waals surface area (Å²) < 4.78 is 2.00. The standard InChI is InChI=1S/C10H16N2O/c1-3-9(13)5-4-6-10-11-7-8-12(10)2/h7-8H,3-6H2,1-2H3. The molecule has 72 valence electrons. The maximum absolute atomic E-state index is 11.0. The highest BCUT2D eigenvalue weighted by atomic mass is 16.1. The van der Waals surface area contributed by atoms with Gasteiger partial charge in [-0.2, -0.15) is 0 Å². The van der Waals surface area contributed by atoms with Crippen LogP contribution in [0.3, 0.4) is 0 Å². The average molecular weight is 180 g/mol. The summed E-state index contributed by atoms with van der Waals surface area (Å²) in [6.45, 7) is 1.91. The second kappa shape index (κ2) is 4.80. The highest BCUT2D eigenvalue weighted by Crippen LogP contribution is 2.03. The SMILES string of the molecule is CCC(=O)CCCc1nccn1C. The van der Waals surface area contributed by atoms with Crippen molar-refractivity contribution >= 4 is 5.78 Å². The molecule has 0 fully saturated rings. The van der Waals surface area contributed by atoms with Crippen LogP contribution in [0.5, 0.6) is 0 Å². The number of imidazole rings is 1. The first-order valence-electron chi connectivity index (χ1n) is 4.72. The smallest absolute Gasteiger partial charge is 0.132 e. The van der Waals surface area contributed by atoms with E-state index in [-0.39, 0.29) is 0 Å². The molecule has 0 bridgehead atoms. The van der Waals surface area contributed by atoms with E-state index in [1.54, 1.807) is 6.20 Å². The Hall–Kier alpha value is -1.12. The van der Waals surface area contributed by atoms with Crippen LogP contribution in [0.1, 0.15) is 32.0 Å². The van der Waals surface area contributed by atoms with Gasteiger partial charge in [0.25, 0.3) is 0 Å². The minimum absolute atomic E-state index is 0.342. The predicted octanol–water partition coefficient (Wildman–Crippen LogP) is 1.72. The number of aromatic nitrogens is 2. The molecule has 0 unspecified atom stereocenters. The molecule has 0 N–H and O–H groups in total. The predicted molar refractivity (Wildman–Crippen MR) is 51.4 cm³/mol. The molecule has 0 saturated carbocycles. The fourth-order valence-corrected chi connectivity index (χ4v) is 1.26. The van der Waals surface area contributed by atoms with E-state index < -0.39 is 0 Å². The summed E-state index contributed by atoms with van der Waals surface area (Å²) in [7, 11) is 1.98. The zero-order chi connectivity index (χ0) is 9.68. The van der Waals surface area contributed by atoms with Crippen molar-refractivity contribution in [2.75, 3.05) is 0 Å². The van der Waals surface area contributed by atoms with Crippen molar-refractivity contribution in [2.45, 2.75) is 32.6 Å². The first kappa shape index (κ1) is 9.96. The van der Waals surface area contributed by atoms with Crippen molar-refractivity contribution in [3.05, 3.63) is 18.2 Å². The molecule has 0 aliphatic carbocycles. The highest BCUT2D eigenvalue weighted by molar-refractivity contribution is 5.77. The number of Topliss-reactive ketones (excluding diaryl/α,β-unsaturated/α-hetero) is 1. The Balaban J connectivity index is 2.28. The van der Waals surface area contributed by atoms with Gasteiger partial charge in [-0.1, -0.05) is 6.92 Å². The maximum atomic E-state index is 11.0. The molecule has 0 atom stereocenters. The van der Waals surface area contributed by atoms with Gasteiger partial charge in [0.2, 0.25) is 0 Å². The van der Waals surface area contributed by atoms with Crippen molar-refractivity contribution in [2.24, 2.45) is 7.05 Å². The van der Waals surface area contributed by atoms with E-state index in [9.17, 15) is 4.79 Å². The van der Waals surface area contributed by atoms with Crippen LogP contribution >= 0.6 is 0 Å². The van der Waals surface area contributed by atoms with Crippen LogP contribution in [-0.2, 0) is 18.3 Å². The Labute approximate surface area is 78.8 Å². The van der Waals surface area contributed by atoms with Crippen LogP contribution < -0.4 is 0 Å². The third-order valence-electron chi connectivity index (χ3n) is 2.17. The summed E-state index contributed by atoms with van der Waals surface area (Å²) in [5.74, 6) is 1.40. The number of rotatable bonds is 5. The van der Waals surface area contributed by atoms with E-state index in [0.29, 0.717) is 18.6 Å². The lowest BCUT2D eigenvalue weighted by Crippen LogP contribution is -2.00. The van der Waals surface area contributed by atoms with E-state index in [2.05, 4.69) is 4.98 Å². The quantitative estimate of drug-likeness (QED) is 0.691. The first-order valence-corrected chi connectivity index (χ1v) is 4.72. The van der Waals surface area contributed by atoms with E-state index in [1.165, 1.54) is 0 Å². The molecule has 0 radical (unpaired) electrons. The van der Waals surface area contributed by atoms with Gasteiger partial charge in [0.1, 0.15) is 11.6 Å². The lowest BCUT2D eigenvalue weighted by molar-refractivity contribution is -0.118. The second-order valence-corrected chi connectivity index (χ2v) is 3.20. The fourth-order valence-electron chi connectivity index (χ4n) is 1.26. The molecule has 0 amide bonds. The van der Waals surface area contributed by atoms with Crippen LogP contribution in [0.4, 0.5) is 0 Å². The van der Waals surface area contributed by atoms with Crippen molar-refractivity contribution in [3.63, 3.8) is 0 Å². The average Bonchev–Trinajstić information content (AvgIpc) is 2.52. The molecule has 3 nitrogen and oxygen atoms in total. The zero-order valence-corrected chi connectivity index (χ0v) is 8.29. The van der Waals surface area contributed by atoms with Crippen LogP contribution in [-0.4, -0.2) is 15.3 Å². The molecular weight excluding hydrogens is 164 g/mol. The summed E-state index contributed by atoms with van der Waals surface area (Å²) in [6, 6.07) is 0. The minimum atomic E-state index is 0.342. The molecular formula is C10H16N2O. The highest BCUT2D eigenvalue weighted by Gasteiger charge is 2.01. The Morgan fingerprint density at radius 2 is 2.38 bits per heavy atom. The third-order valence-corrected chi connectivity index (χ3v) is 2.17. The molecule has 13 heavy (non-hydrogen) atoms. The van der Waals surface area contributed by atoms with Crippen LogP contribution in [0, 0.1) is 0 Å². The van der Waals surface area contributed by atoms with Gasteiger partial charge in [-0.05, 0) is 6.42 Å². The minimum Gasteiger partial charge on any atom is -0.338 e. The van der Waals surface area contributed by atoms with Crippen molar-refractivity contribution in [1.82, 2.24) is 9.55 Å². The van der Waals surface area contributed by atoms with Crippen LogP contribution in [0.2, 0.25) is 0 Å². The maximum Gasteiger partial charge on any atom is 0.132 e. The molecule has 1 aromatic heterocycles. The number of hydrogen-bond acceptors (Lipinski definition) is 2. The topological polar surface area (TPSA) is 34.9 Å². The molecule has 0 aliphatic heterocycles. The largest absolute Gasteiger partial charge is 0.338 e. The summed E-state index contributed by atoms with van der Waals surface area (Å²) >= 11 is 0. The van der Waals surface area contributed by atoms with Gasteiger partial charge in [-0.3, -0.25) is 4.79 Å². The first-order chi connectivity index (χ1) is 6.24.